The van der Waals surface area contributed by atoms with Gasteiger partial charge in [-0.3, -0.25) is 9.59 Å². The number of halogens is 2. The summed E-state index contributed by atoms with van der Waals surface area (Å²) in [6.07, 6.45) is 4.54. The van der Waals surface area contributed by atoms with Crippen molar-refractivity contribution in [3.8, 4) is 0 Å². The van der Waals surface area contributed by atoms with Gasteiger partial charge < -0.3 is 28.9 Å². The molecule has 0 fully saturated rings. The molecule has 10 nitrogen and oxygen atoms in total. The molecule has 1 aliphatic heterocycles. The number of ether oxygens (including phenoxy) is 1. The number of carbonyl (C=O) groups is 1. The van der Waals surface area contributed by atoms with Gasteiger partial charge in [-0.15, -0.1) is 0 Å². The molecule has 2 aromatic carbocycles. The van der Waals surface area contributed by atoms with Crippen molar-refractivity contribution in [2.75, 3.05) is 32.1 Å². The van der Waals surface area contributed by atoms with Gasteiger partial charge in [0, 0.05) is 47.7 Å². The third kappa shape index (κ3) is 4.73. The lowest BCUT2D eigenvalue weighted by molar-refractivity contribution is -0.145. The van der Waals surface area contributed by atoms with E-state index < -0.39 is 40.7 Å². The van der Waals surface area contributed by atoms with E-state index in [1.54, 1.807) is 12.1 Å². The maximum atomic E-state index is 15.5. The van der Waals surface area contributed by atoms with E-state index in [0.717, 1.165) is 6.07 Å². The molecule has 3 aromatic heterocycles. The molecule has 0 aliphatic carbocycles. The van der Waals surface area contributed by atoms with Crippen LogP contribution in [0, 0.1) is 11.6 Å². The summed E-state index contributed by atoms with van der Waals surface area (Å²) < 4.78 is 42.3. The Hall–Kier alpha value is -4.84. The predicted octanol–water partition coefficient (Wildman–Crippen LogP) is 3.65. The first-order valence-corrected chi connectivity index (χ1v) is 13.4. The number of nitrogens with zero attached hydrogens (tertiary/aromatic N) is 3. The zero-order valence-electron chi connectivity index (χ0n) is 22.8. The van der Waals surface area contributed by atoms with E-state index in [0.29, 0.717) is 18.5 Å². The summed E-state index contributed by atoms with van der Waals surface area (Å²) in [6, 6.07) is 7.26. The van der Waals surface area contributed by atoms with Crippen LogP contribution in [0.4, 0.5) is 14.5 Å². The lowest BCUT2D eigenvalue weighted by Crippen LogP contribution is -2.43. The predicted molar refractivity (Wildman–Crippen MR) is 152 cm³/mol. The number of pyridine rings is 1. The van der Waals surface area contributed by atoms with Crippen LogP contribution in [-0.4, -0.2) is 59.1 Å². The van der Waals surface area contributed by atoms with Crippen LogP contribution in [0.25, 0.3) is 21.9 Å². The summed E-state index contributed by atoms with van der Waals surface area (Å²) in [5.41, 5.74) is 0.389. The largest absolute Gasteiger partial charge is 0.464 e. The number of furan rings is 1. The third-order valence-corrected chi connectivity index (χ3v) is 7.55. The van der Waals surface area contributed by atoms with Crippen LogP contribution in [0.2, 0.25) is 0 Å². The second-order valence-electron chi connectivity index (χ2n) is 10.5. The number of aromatic amines is 2. The highest BCUT2D eigenvalue weighted by molar-refractivity contribution is 5.95. The number of benzene rings is 2. The van der Waals surface area contributed by atoms with Crippen molar-refractivity contribution in [2.45, 2.75) is 24.9 Å². The summed E-state index contributed by atoms with van der Waals surface area (Å²) in [5.74, 6) is -2.88. The molecule has 1 aliphatic rings. The molecule has 0 saturated carbocycles. The van der Waals surface area contributed by atoms with E-state index in [2.05, 4.69) is 15.0 Å². The van der Waals surface area contributed by atoms with E-state index in [1.807, 2.05) is 19.0 Å². The van der Waals surface area contributed by atoms with Gasteiger partial charge in [-0.05, 0) is 44.8 Å². The Morgan fingerprint density at radius 1 is 1.10 bits per heavy atom. The van der Waals surface area contributed by atoms with Gasteiger partial charge in [0.1, 0.15) is 23.3 Å². The standard InChI is InChI=1S/C30H27F2N5O5/c1-36(2)8-4-9-42-30(40)26-24(18-5-3-7-33-28(18)38)25-23(13-21(32)17-6-10-41-27(17)25)37(26)14-16-11-19-22(12-20(16)31)34-15-35-29(19)39/h3,5-7,10-13,15,24,26H,4,8-9,14H2,1-2H3,(H,33,38)(H,34,35,39). The van der Waals surface area contributed by atoms with Crippen molar-refractivity contribution in [3.05, 3.63) is 104 Å². The molecule has 4 heterocycles. The summed E-state index contributed by atoms with van der Waals surface area (Å²) in [7, 11) is 3.80. The summed E-state index contributed by atoms with van der Waals surface area (Å²) in [6.45, 7) is 0.533. The second-order valence-corrected chi connectivity index (χ2v) is 10.5. The molecule has 6 rings (SSSR count). The third-order valence-electron chi connectivity index (χ3n) is 7.55. The fourth-order valence-corrected chi connectivity index (χ4v) is 5.65. The van der Waals surface area contributed by atoms with Crippen LogP contribution in [0.5, 0.6) is 0 Å². The van der Waals surface area contributed by atoms with Crippen molar-refractivity contribution in [2.24, 2.45) is 0 Å². The fraction of sp³-hybridized carbons (Fsp3) is 0.267. The van der Waals surface area contributed by atoms with Gasteiger partial charge in [-0.2, -0.15) is 0 Å². The maximum Gasteiger partial charge on any atom is 0.329 e. The van der Waals surface area contributed by atoms with Crippen molar-refractivity contribution in [1.29, 1.82) is 0 Å². The molecule has 2 unspecified atom stereocenters. The molecule has 0 spiro atoms. The lowest BCUT2D eigenvalue weighted by atomic mass is 9.87. The average molecular weight is 576 g/mol. The van der Waals surface area contributed by atoms with Crippen molar-refractivity contribution in [3.63, 3.8) is 0 Å². The van der Waals surface area contributed by atoms with Crippen LogP contribution in [0.1, 0.15) is 29.0 Å². The van der Waals surface area contributed by atoms with Crippen LogP contribution in [0.15, 0.2) is 69.2 Å². The number of H-pyrrole nitrogens is 2. The second kappa shape index (κ2) is 10.9. The zero-order chi connectivity index (χ0) is 29.5. The Morgan fingerprint density at radius 3 is 2.71 bits per heavy atom. The minimum atomic E-state index is -1.18. The van der Waals surface area contributed by atoms with E-state index in [4.69, 9.17) is 9.15 Å². The molecule has 0 amide bonds. The molecule has 42 heavy (non-hydrogen) atoms. The molecule has 5 aromatic rings. The van der Waals surface area contributed by atoms with E-state index in [-0.39, 0.29) is 51.8 Å². The number of esters is 1. The van der Waals surface area contributed by atoms with Crippen LogP contribution >= 0.6 is 0 Å². The highest BCUT2D eigenvalue weighted by atomic mass is 19.1. The topological polar surface area (TPSA) is 125 Å². The molecule has 216 valence electrons. The normalized spacial score (nSPS) is 16.5. The van der Waals surface area contributed by atoms with Crippen molar-refractivity contribution >= 4 is 33.5 Å². The van der Waals surface area contributed by atoms with E-state index >= 15 is 8.78 Å². The molecular formula is C30H27F2N5O5. The Kier molecular flexibility index (Phi) is 7.07. The number of aromatic nitrogens is 3. The Morgan fingerprint density at radius 2 is 1.93 bits per heavy atom. The molecule has 2 atom stereocenters. The molecule has 0 bridgehead atoms. The molecule has 0 saturated heterocycles. The van der Waals surface area contributed by atoms with Crippen molar-refractivity contribution in [1.82, 2.24) is 19.9 Å². The first kappa shape index (κ1) is 27.3. The van der Waals surface area contributed by atoms with Gasteiger partial charge in [-0.25, -0.2) is 18.6 Å². The van der Waals surface area contributed by atoms with E-state index in [1.165, 1.54) is 41.9 Å². The number of anilines is 1. The first-order valence-electron chi connectivity index (χ1n) is 13.4. The fourth-order valence-electron chi connectivity index (χ4n) is 5.65. The number of hydrogen-bond donors (Lipinski definition) is 2. The number of fused-ring (bicyclic) bond motifs is 4. The minimum Gasteiger partial charge on any atom is -0.464 e. The summed E-state index contributed by atoms with van der Waals surface area (Å²) >= 11 is 0. The Balaban J connectivity index is 1.53. The molecule has 2 N–H and O–H groups in total. The molecule has 12 heteroatoms. The quantitative estimate of drug-likeness (QED) is 0.212. The number of carbonyl (C=O) groups excluding carboxylic acids is 1. The maximum absolute atomic E-state index is 15.5. The lowest BCUT2D eigenvalue weighted by Gasteiger charge is -2.29. The summed E-state index contributed by atoms with van der Waals surface area (Å²) in [4.78, 5) is 52.1. The zero-order valence-corrected chi connectivity index (χ0v) is 22.8. The van der Waals surface area contributed by atoms with Gasteiger partial charge in [0.15, 0.2) is 0 Å². The number of hydrogen-bond acceptors (Lipinski definition) is 8. The minimum absolute atomic E-state index is 0.0694. The van der Waals surface area contributed by atoms with Gasteiger partial charge in [0.05, 0.1) is 41.4 Å². The highest BCUT2D eigenvalue weighted by Gasteiger charge is 2.48. The Labute approximate surface area is 237 Å². The SMILES string of the molecule is CN(C)CCCOC(=O)C1C(c2ccc[nH]c2=O)c2c(cc(F)c3ccoc23)N1Cc1cc2c(=O)[nH]cnc2cc1F. The van der Waals surface area contributed by atoms with Gasteiger partial charge in [-0.1, -0.05) is 6.07 Å². The van der Waals surface area contributed by atoms with Crippen molar-refractivity contribution < 1.29 is 22.7 Å². The van der Waals surface area contributed by atoms with Crippen LogP contribution in [0.3, 0.4) is 0 Å². The average Bonchev–Trinajstić information content (AvgIpc) is 3.56. The van der Waals surface area contributed by atoms with Gasteiger partial charge in [0.2, 0.25) is 0 Å². The Bertz CT molecular complexity index is 1930. The highest BCUT2D eigenvalue weighted by Crippen LogP contribution is 2.49. The first-order chi connectivity index (χ1) is 20.2. The van der Waals surface area contributed by atoms with Crippen LogP contribution < -0.4 is 16.0 Å². The van der Waals surface area contributed by atoms with E-state index in [9.17, 15) is 14.4 Å². The molecular weight excluding hydrogens is 548 g/mol. The van der Waals surface area contributed by atoms with Gasteiger partial charge in [0.25, 0.3) is 11.1 Å². The smallest absolute Gasteiger partial charge is 0.329 e. The van der Waals surface area contributed by atoms with Gasteiger partial charge >= 0.3 is 5.97 Å². The monoisotopic (exact) mass is 575 g/mol. The van der Waals surface area contributed by atoms with Crippen LogP contribution in [-0.2, 0) is 16.1 Å². The number of nitrogens with one attached hydrogen (secondary N) is 2. The molecule has 0 radical (unpaired) electrons. The number of rotatable bonds is 8. The summed E-state index contributed by atoms with van der Waals surface area (Å²) in [5, 5.41) is 0.334.